The molecule has 0 aliphatic heterocycles. The van der Waals surface area contributed by atoms with Gasteiger partial charge in [-0.1, -0.05) is 17.7 Å². The molecule has 1 aromatic heterocycles. The highest BCUT2D eigenvalue weighted by Crippen LogP contribution is 2.22. The van der Waals surface area contributed by atoms with Crippen LogP contribution in [0.4, 0.5) is 4.39 Å². The highest BCUT2D eigenvalue weighted by atomic mass is 35.5. The summed E-state index contributed by atoms with van der Waals surface area (Å²) < 4.78 is 13.2. The van der Waals surface area contributed by atoms with Gasteiger partial charge in [-0.05, 0) is 40.1 Å². The molecule has 0 radical (unpaired) electrons. The predicted molar refractivity (Wildman–Crippen MR) is 64.4 cm³/mol. The molecular weight excluding hydrogens is 247 g/mol. The van der Waals surface area contributed by atoms with E-state index >= 15 is 0 Å². The lowest BCUT2D eigenvalue weighted by atomic mass is 10.0. The van der Waals surface area contributed by atoms with E-state index in [0.29, 0.717) is 6.42 Å². The van der Waals surface area contributed by atoms with Gasteiger partial charge in [0.05, 0.1) is 11.1 Å². The molecule has 0 bridgehead atoms. The van der Waals surface area contributed by atoms with Crippen LogP contribution in [-0.4, -0.2) is 5.11 Å². The van der Waals surface area contributed by atoms with E-state index in [-0.39, 0.29) is 5.02 Å². The topological polar surface area (TPSA) is 20.2 Å². The molecule has 1 unspecified atom stereocenters. The largest absolute Gasteiger partial charge is 0.388 e. The maximum atomic E-state index is 13.2. The van der Waals surface area contributed by atoms with Crippen LogP contribution in [0.25, 0.3) is 0 Å². The maximum Gasteiger partial charge on any atom is 0.142 e. The van der Waals surface area contributed by atoms with Crippen molar-refractivity contribution in [3.05, 3.63) is 57.0 Å². The van der Waals surface area contributed by atoms with Gasteiger partial charge < -0.3 is 5.11 Å². The van der Waals surface area contributed by atoms with Gasteiger partial charge in [0.25, 0.3) is 0 Å². The molecule has 0 saturated carbocycles. The monoisotopic (exact) mass is 256 g/mol. The van der Waals surface area contributed by atoms with Crippen molar-refractivity contribution < 1.29 is 9.50 Å². The minimum absolute atomic E-state index is 0.105. The van der Waals surface area contributed by atoms with Crippen molar-refractivity contribution in [3.8, 4) is 0 Å². The van der Waals surface area contributed by atoms with E-state index in [1.807, 2.05) is 16.8 Å². The minimum Gasteiger partial charge on any atom is -0.388 e. The van der Waals surface area contributed by atoms with Crippen LogP contribution in [0, 0.1) is 5.82 Å². The van der Waals surface area contributed by atoms with Gasteiger partial charge in [0.2, 0.25) is 0 Å². The smallest absolute Gasteiger partial charge is 0.142 e. The Morgan fingerprint density at radius 1 is 1.38 bits per heavy atom. The molecule has 84 valence electrons. The summed E-state index contributed by atoms with van der Waals surface area (Å²) in [7, 11) is 0. The number of rotatable bonds is 3. The van der Waals surface area contributed by atoms with Gasteiger partial charge in [-0.2, -0.15) is 11.3 Å². The zero-order valence-electron chi connectivity index (χ0n) is 8.36. The van der Waals surface area contributed by atoms with E-state index in [1.165, 1.54) is 23.5 Å². The van der Waals surface area contributed by atoms with Crippen molar-refractivity contribution in [3.63, 3.8) is 0 Å². The van der Waals surface area contributed by atoms with Gasteiger partial charge in [0, 0.05) is 6.42 Å². The number of thiophene rings is 1. The average Bonchev–Trinajstić information content (AvgIpc) is 2.77. The first-order valence-electron chi connectivity index (χ1n) is 4.81. The molecular formula is C12H10ClFOS. The van der Waals surface area contributed by atoms with Gasteiger partial charge in [0.15, 0.2) is 0 Å². The summed E-state index contributed by atoms with van der Waals surface area (Å²) in [6.07, 6.45) is -0.197. The number of aliphatic hydroxyl groups is 1. The van der Waals surface area contributed by atoms with E-state index in [0.717, 1.165) is 11.1 Å². The Labute approximate surface area is 102 Å². The normalized spacial score (nSPS) is 12.7. The zero-order valence-corrected chi connectivity index (χ0v) is 9.93. The number of hydrogen-bond acceptors (Lipinski definition) is 2. The molecule has 0 aliphatic rings. The molecule has 4 heteroatoms. The van der Waals surface area contributed by atoms with Crippen LogP contribution >= 0.6 is 22.9 Å². The first-order chi connectivity index (χ1) is 7.66. The van der Waals surface area contributed by atoms with Crippen molar-refractivity contribution >= 4 is 22.9 Å². The van der Waals surface area contributed by atoms with Gasteiger partial charge in [-0.3, -0.25) is 0 Å². The van der Waals surface area contributed by atoms with Crippen LogP contribution < -0.4 is 0 Å². The fourth-order valence-electron chi connectivity index (χ4n) is 1.47. The first-order valence-corrected chi connectivity index (χ1v) is 6.13. The van der Waals surface area contributed by atoms with Crippen molar-refractivity contribution in [2.45, 2.75) is 12.5 Å². The van der Waals surface area contributed by atoms with Crippen LogP contribution in [0.3, 0.4) is 0 Å². The van der Waals surface area contributed by atoms with Crippen LogP contribution in [-0.2, 0) is 6.42 Å². The Hall–Kier alpha value is -0.900. The summed E-state index contributed by atoms with van der Waals surface area (Å²) in [5.74, 6) is -0.448. The Morgan fingerprint density at radius 3 is 2.81 bits per heavy atom. The van der Waals surface area contributed by atoms with E-state index in [1.54, 1.807) is 6.07 Å². The van der Waals surface area contributed by atoms with E-state index in [4.69, 9.17) is 11.6 Å². The number of aliphatic hydroxyl groups excluding tert-OH is 1. The van der Waals surface area contributed by atoms with E-state index in [2.05, 4.69) is 0 Å². The number of hydrogen-bond donors (Lipinski definition) is 1. The quantitative estimate of drug-likeness (QED) is 0.885. The number of halogens is 2. The summed E-state index contributed by atoms with van der Waals surface area (Å²) >= 11 is 7.11. The van der Waals surface area contributed by atoms with Crippen LogP contribution in [0.2, 0.25) is 5.02 Å². The molecule has 2 rings (SSSR count). The lowest BCUT2D eigenvalue weighted by molar-refractivity contribution is 0.179. The van der Waals surface area contributed by atoms with Gasteiger partial charge >= 0.3 is 0 Å². The molecule has 1 aromatic carbocycles. The Kier molecular flexibility index (Phi) is 3.59. The second-order valence-electron chi connectivity index (χ2n) is 3.53. The highest BCUT2D eigenvalue weighted by molar-refractivity contribution is 7.07. The molecule has 0 aliphatic carbocycles. The van der Waals surface area contributed by atoms with E-state index < -0.39 is 11.9 Å². The van der Waals surface area contributed by atoms with Gasteiger partial charge in [-0.15, -0.1) is 0 Å². The van der Waals surface area contributed by atoms with E-state index in [9.17, 15) is 9.50 Å². The second-order valence-corrected chi connectivity index (χ2v) is 4.71. The Balaban J connectivity index is 2.12. The standard InChI is InChI=1S/C12H10ClFOS/c13-10-2-1-8(5-11(10)14)6-12(15)9-3-4-16-7-9/h1-5,7,12,15H,6H2. The molecule has 1 N–H and O–H groups in total. The fourth-order valence-corrected chi connectivity index (χ4v) is 2.30. The summed E-state index contributed by atoms with van der Waals surface area (Å²) in [6.45, 7) is 0. The van der Waals surface area contributed by atoms with Gasteiger partial charge in [-0.25, -0.2) is 4.39 Å². The fraction of sp³-hybridized carbons (Fsp3) is 0.167. The predicted octanol–water partition coefficient (Wildman–Crippen LogP) is 3.82. The van der Waals surface area contributed by atoms with Crippen molar-refractivity contribution in [2.24, 2.45) is 0 Å². The summed E-state index contributed by atoms with van der Waals surface area (Å²) in [5.41, 5.74) is 1.60. The molecule has 0 spiro atoms. The lowest BCUT2D eigenvalue weighted by Gasteiger charge is -2.09. The second kappa shape index (κ2) is 4.95. The third-order valence-corrected chi connectivity index (χ3v) is 3.35. The summed E-state index contributed by atoms with van der Waals surface area (Å²) in [5, 5.41) is 13.8. The highest BCUT2D eigenvalue weighted by Gasteiger charge is 2.10. The molecule has 0 amide bonds. The molecule has 0 fully saturated rings. The van der Waals surface area contributed by atoms with Crippen LogP contribution in [0.1, 0.15) is 17.2 Å². The summed E-state index contributed by atoms with van der Waals surface area (Å²) in [4.78, 5) is 0. The van der Waals surface area contributed by atoms with Gasteiger partial charge in [0.1, 0.15) is 5.82 Å². The third-order valence-electron chi connectivity index (χ3n) is 2.34. The molecule has 0 saturated heterocycles. The molecule has 1 nitrogen and oxygen atoms in total. The minimum atomic E-state index is -0.591. The molecule has 1 heterocycles. The molecule has 1 atom stereocenters. The molecule has 2 aromatic rings. The van der Waals surface area contributed by atoms with Crippen LogP contribution in [0.15, 0.2) is 35.0 Å². The lowest BCUT2D eigenvalue weighted by Crippen LogP contribution is -2.00. The van der Waals surface area contributed by atoms with Crippen LogP contribution in [0.5, 0.6) is 0 Å². The maximum absolute atomic E-state index is 13.2. The van der Waals surface area contributed by atoms with Crippen molar-refractivity contribution in [1.29, 1.82) is 0 Å². The third kappa shape index (κ3) is 2.61. The first kappa shape index (κ1) is 11.6. The number of benzene rings is 1. The van der Waals surface area contributed by atoms with Crippen molar-refractivity contribution in [1.82, 2.24) is 0 Å². The zero-order chi connectivity index (χ0) is 11.5. The Bertz CT molecular complexity index is 470. The summed E-state index contributed by atoms with van der Waals surface area (Å²) in [6, 6.07) is 6.45. The van der Waals surface area contributed by atoms with Crippen molar-refractivity contribution in [2.75, 3.05) is 0 Å². The average molecular weight is 257 g/mol. The molecule has 16 heavy (non-hydrogen) atoms. The Morgan fingerprint density at radius 2 is 2.19 bits per heavy atom. The SMILES string of the molecule is OC(Cc1ccc(Cl)c(F)c1)c1ccsc1.